The first-order valence-corrected chi connectivity index (χ1v) is 8.38. The molecule has 6 nitrogen and oxygen atoms in total. The number of benzene rings is 1. The number of ether oxygens (including phenoxy) is 2. The molecule has 1 aliphatic heterocycles. The molecular formula is C18H28N2O4. The van der Waals surface area contributed by atoms with Crippen LogP contribution < -0.4 is 5.32 Å². The Hall–Kier alpha value is -1.63. The monoisotopic (exact) mass is 336 g/mol. The van der Waals surface area contributed by atoms with Crippen molar-refractivity contribution >= 4 is 6.09 Å². The van der Waals surface area contributed by atoms with E-state index in [-0.39, 0.29) is 0 Å². The normalized spacial score (nSPS) is 18.7. The molecule has 0 bridgehead atoms. The van der Waals surface area contributed by atoms with Gasteiger partial charge in [0.15, 0.2) is 0 Å². The summed E-state index contributed by atoms with van der Waals surface area (Å²) in [7, 11) is 0. The lowest BCUT2D eigenvalue weighted by Crippen LogP contribution is -2.50. The van der Waals surface area contributed by atoms with Crippen LogP contribution in [0.3, 0.4) is 0 Å². The Morgan fingerprint density at radius 3 is 2.50 bits per heavy atom. The lowest BCUT2D eigenvalue weighted by atomic mass is 10.0. The van der Waals surface area contributed by atoms with E-state index in [0.29, 0.717) is 19.8 Å². The van der Waals surface area contributed by atoms with Crippen LogP contribution in [0.2, 0.25) is 0 Å². The maximum absolute atomic E-state index is 12.2. The predicted octanol–water partition coefficient (Wildman–Crippen LogP) is 1.95. The molecule has 0 radical (unpaired) electrons. The fraction of sp³-hybridized carbons (Fsp3) is 0.611. The van der Waals surface area contributed by atoms with Gasteiger partial charge in [0.1, 0.15) is 11.7 Å². The van der Waals surface area contributed by atoms with Gasteiger partial charge < -0.3 is 19.9 Å². The number of nitrogens with one attached hydrogen (secondary N) is 1. The number of morpholine rings is 1. The van der Waals surface area contributed by atoms with Crippen LogP contribution in [0.1, 0.15) is 32.4 Å². The van der Waals surface area contributed by atoms with Crippen LogP contribution in [0.25, 0.3) is 0 Å². The van der Waals surface area contributed by atoms with Crippen LogP contribution in [0, 0.1) is 0 Å². The zero-order chi connectivity index (χ0) is 17.6. The van der Waals surface area contributed by atoms with Gasteiger partial charge in [-0.1, -0.05) is 30.3 Å². The van der Waals surface area contributed by atoms with E-state index in [2.05, 4.69) is 10.2 Å². The average Bonchev–Trinajstić information content (AvgIpc) is 2.53. The number of nitrogens with zero attached hydrogens (tertiary/aromatic N) is 1. The van der Waals surface area contributed by atoms with Gasteiger partial charge in [-0.15, -0.1) is 0 Å². The Bertz CT molecular complexity index is 510. The van der Waals surface area contributed by atoms with Crippen molar-refractivity contribution < 1.29 is 19.4 Å². The van der Waals surface area contributed by atoms with Gasteiger partial charge in [0, 0.05) is 19.6 Å². The number of carbonyl (C=O) groups is 1. The summed E-state index contributed by atoms with van der Waals surface area (Å²) in [5.41, 5.74) is 0.192. The highest BCUT2D eigenvalue weighted by Gasteiger charge is 2.28. The molecule has 0 saturated carbocycles. The van der Waals surface area contributed by atoms with Crippen molar-refractivity contribution in [1.82, 2.24) is 10.2 Å². The number of amides is 1. The van der Waals surface area contributed by atoms with E-state index in [1.54, 1.807) is 0 Å². The SMILES string of the molecule is CC(C)(C)OC(=O)N[C@@H](CN1CCOCC1)[C@@H](O)c1ccccc1. The summed E-state index contributed by atoms with van der Waals surface area (Å²) in [5, 5.41) is 13.6. The highest BCUT2D eigenvalue weighted by atomic mass is 16.6. The Morgan fingerprint density at radius 1 is 1.29 bits per heavy atom. The van der Waals surface area contributed by atoms with E-state index in [4.69, 9.17) is 9.47 Å². The largest absolute Gasteiger partial charge is 0.444 e. The molecule has 1 aromatic rings. The van der Waals surface area contributed by atoms with Gasteiger partial charge in [-0.25, -0.2) is 4.79 Å². The van der Waals surface area contributed by atoms with E-state index in [1.807, 2.05) is 51.1 Å². The van der Waals surface area contributed by atoms with Crippen molar-refractivity contribution in [1.29, 1.82) is 0 Å². The van der Waals surface area contributed by atoms with Crippen molar-refractivity contribution in [3.8, 4) is 0 Å². The van der Waals surface area contributed by atoms with E-state index in [1.165, 1.54) is 0 Å². The van der Waals surface area contributed by atoms with E-state index in [9.17, 15) is 9.90 Å². The number of hydrogen-bond donors (Lipinski definition) is 2. The minimum absolute atomic E-state index is 0.458. The summed E-state index contributed by atoms with van der Waals surface area (Å²) in [4.78, 5) is 14.3. The highest BCUT2D eigenvalue weighted by molar-refractivity contribution is 5.68. The third-order valence-electron chi connectivity index (χ3n) is 3.78. The Balaban J connectivity index is 2.06. The zero-order valence-corrected chi connectivity index (χ0v) is 14.7. The maximum Gasteiger partial charge on any atom is 0.408 e. The summed E-state index contributed by atoms with van der Waals surface area (Å²) in [6.07, 6.45) is -1.32. The molecule has 6 heteroatoms. The third kappa shape index (κ3) is 6.11. The molecule has 0 aromatic heterocycles. The van der Waals surface area contributed by atoms with Crippen molar-refractivity contribution in [3.63, 3.8) is 0 Å². The third-order valence-corrected chi connectivity index (χ3v) is 3.78. The van der Waals surface area contributed by atoms with Crippen LogP contribution in [0.15, 0.2) is 30.3 Å². The molecule has 1 aromatic carbocycles. The molecule has 134 valence electrons. The maximum atomic E-state index is 12.2. The Kier molecular flexibility index (Phi) is 6.60. The summed E-state index contributed by atoms with van der Waals surface area (Å²) in [5.74, 6) is 0. The number of aliphatic hydroxyl groups excluding tert-OH is 1. The summed E-state index contributed by atoms with van der Waals surface area (Å²) in [6.45, 7) is 8.90. The molecule has 1 heterocycles. The quantitative estimate of drug-likeness (QED) is 0.860. The molecular weight excluding hydrogens is 308 g/mol. The van der Waals surface area contributed by atoms with Crippen LogP contribution in [-0.2, 0) is 9.47 Å². The molecule has 0 aliphatic carbocycles. The second-order valence-corrected chi connectivity index (χ2v) is 7.02. The second-order valence-electron chi connectivity index (χ2n) is 7.02. The fourth-order valence-corrected chi connectivity index (χ4v) is 2.63. The lowest BCUT2D eigenvalue weighted by molar-refractivity contribution is 0.0134. The van der Waals surface area contributed by atoms with Gasteiger partial charge >= 0.3 is 6.09 Å². The van der Waals surface area contributed by atoms with Crippen molar-refractivity contribution in [2.45, 2.75) is 38.5 Å². The predicted molar refractivity (Wildman–Crippen MR) is 91.8 cm³/mol. The molecule has 2 rings (SSSR count). The first-order chi connectivity index (χ1) is 11.3. The standard InChI is InChI=1S/C18H28N2O4/c1-18(2,3)24-17(22)19-15(13-20-9-11-23-12-10-20)16(21)14-7-5-4-6-8-14/h4-8,15-16,21H,9-13H2,1-3H3,(H,19,22)/t15-,16-/m0/s1. The minimum Gasteiger partial charge on any atom is -0.444 e. The summed E-state index contributed by atoms with van der Waals surface area (Å²) in [6, 6.07) is 8.89. The van der Waals surface area contributed by atoms with E-state index >= 15 is 0 Å². The van der Waals surface area contributed by atoms with Crippen molar-refractivity contribution in [3.05, 3.63) is 35.9 Å². The van der Waals surface area contributed by atoms with Crippen molar-refractivity contribution in [2.75, 3.05) is 32.8 Å². The van der Waals surface area contributed by atoms with Gasteiger partial charge in [-0.3, -0.25) is 4.90 Å². The molecule has 1 saturated heterocycles. The number of rotatable bonds is 5. The molecule has 1 aliphatic rings. The molecule has 24 heavy (non-hydrogen) atoms. The van der Waals surface area contributed by atoms with Crippen LogP contribution in [0.4, 0.5) is 4.79 Å². The van der Waals surface area contributed by atoms with Gasteiger partial charge in [-0.05, 0) is 26.3 Å². The Morgan fingerprint density at radius 2 is 1.92 bits per heavy atom. The van der Waals surface area contributed by atoms with Gasteiger partial charge in [0.25, 0.3) is 0 Å². The minimum atomic E-state index is -0.804. The van der Waals surface area contributed by atoms with Crippen LogP contribution in [0.5, 0.6) is 0 Å². The Labute approximate surface area is 143 Å². The molecule has 2 atom stereocenters. The van der Waals surface area contributed by atoms with Gasteiger partial charge in [-0.2, -0.15) is 0 Å². The smallest absolute Gasteiger partial charge is 0.408 e. The molecule has 1 fully saturated rings. The molecule has 1 amide bonds. The lowest BCUT2D eigenvalue weighted by Gasteiger charge is -2.33. The van der Waals surface area contributed by atoms with Crippen LogP contribution in [-0.4, -0.2) is 60.6 Å². The van der Waals surface area contributed by atoms with E-state index < -0.39 is 23.8 Å². The topological polar surface area (TPSA) is 71.0 Å². The number of aliphatic hydroxyl groups is 1. The average molecular weight is 336 g/mol. The second kappa shape index (κ2) is 8.46. The fourth-order valence-electron chi connectivity index (χ4n) is 2.63. The first kappa shape index (κ1) is 18.7. The van der Waals surface area contributed by atoms with Crippen molar-refractivity contribution in [2.24, 2.45) is 0 Å². The number of carbonyl (C=O) groups excluding carboxylic acids is 1. The number of hydrogen-bond acceptors (Lipinski definition) is 5. The van der Waals surface area contributed by atoms with Gasteiger partial charge in [0.2, 0.25) is 0 Å². The molecule has 0 spiro atoms. The summed E-state index contributed by atoms with van der Waals surface area (Å²) >= 11 is 0. The molecule has 0 unspecified atom stereocenters. The van der Waals surface area contributed by atoms with Gasteiger partial charge in [0.05, 0.1) is 19.3 Å². The highest BCUT2D eigenvalue weighted by Crippen LogP contribution is 2.18. The zero-order valence-electron chi connectivity index (χ0n) is 14.7. The van der Waals surface area contributed by atoms with Crippen LogP contribution >= 0.6 is 0 Å². The summed E-state index contributed by atoms with van der Waals surface area (Å²) < 4.78 is 10.7. The number of alkyl carbamates (subject to hydrolysis) is 1. The van der Waals surface area contributed by atoms with E-state index in [0.717, 1.165) is 18.7 Å². The first-order valence-electron chi connectivity index (χ1n) is 8.38. The molecule has 2 N–H and O–H groups in total.